The van der Waals surface area contributed by atoms with Gasteiger partial charge in [-0.05, 0) is 57.4 Å². The lowest BCUT2D eigenvalue weighted by atomic mass is 10.2. The van der Waals surface area contributed by atoms with Crippen LogP contribution in [0, 0.1) is 26.6 Å². The molecule has 1 fully saturated rings. The van der Waals surface area contributed by atoms with E-state index in [2.05, 4.69) is 9.71 Å². The van der Waals surface area contributed by atoms with E-state index in [1.807, 2.05) is 4.90 Å². The Balaban J connectivity index is 1.67. The summed E-state index contributed by atoms with van der Waals surface area (Å²) in [4.78, 5) is 19.9. The zero-order valence-corrected chi connectivity index (χ0v) is 20.0. The van der Waals surface area contributed by atoms with Crippen LogP contribution in [0.2, 0.25) is 0 Å². The minimum atomic E-state index is -3.95. The highest BCUT2D eigenvalue weighted by atomic mass is 32.2. The van der Waals surface area contributed by atoms with Gasteiger partial charge in [0.15, 0.2) is 0 Å². The fraction of sp³-hybridized carbons (Fsp3) is 0.364. The molecule has 1 aromatic carbocycles. The zero-order valence-electron chi connectivity index (χ0n) is 18.4. The predicted octanol–water partition coefficient (Wildman–Crippen LogP) is 4.25. The monoisotopic (exact) mass is 476 g/mol. The molecule has 0 saturated carbocycles. The van der Waals surface area contributed by atoms with Gasteiger partial charge in [0.25, 0.3) is 15.9 Å². The van der Waals surface area contributed by atoms with Crippen molar-refractivity contribution < 1.29 is 17.6 Å². The Morgan fingerprint density at radius 2 is 1.84 bits per heavy atom. The van der Waals surface area contributed by atoms with E-state index >= 15 is 0 Å². The van der Waals surface area contributed by atoms with Crippen LogP contribution in [0.5, 0.6) is 0 Å². The maximum Gasteiger partial charge on any atom is 0.265 e. The van der Waals surface area contributed by atoms with Crippen molar-refractivity contribution in [2.24, 2.45) is 7.05 Å². The lowest BCUT2D eigenvalue weighted by Gasteiger charge is -2.13. The van der Waals surface area contributed by atoms with Crippen molar-refractivity contribution in [1.29, 1.82) is 0 Å². The van der Waals surface area contributed by atoms with Crippen LogP contribution >= 0.6 is 11.3 Å². The molecule has 0 bridgehead atoms. The number of aryl methyl sites for hydroxylation is 2. The number of likely N-dealkylation sites (tertiary alicyclic amines) is 1. The van der Waals surface area contributed by atoms with Gasteiger partial charge in [-0.1, -0.05) is 6.07 Å². The second kappa shape index (κ2) is 8.32. The molecule has 0 spiro atoms. The standard InChI is InChI=1S/C22H25FN4O3S2/c1-13-7-8-16(11-17(13)23)25-32(29,30)19-12-18(26(4)15(19)3)21-24-14(2)20(31-21)22(28)27-9-5-6-10-27/h7-8,11-12,25H,5-6,9-10H2,1-4H3. The fourth-order valence-corrected chi connectivity index (χ4v) is 6.21. The third-order valence-electron chi connectivity index (χ3n) is 5.81. The Hall–Kier alpha value is -2.72. The number of amides is 1. The lowest BCUT2D eigenvalue weighted by molar-refractivity contribution is 0.0796. The molecule has 0 aliphatic carbocycles. The minimum absolute atomic E-state index is 0.0226. The Bertz CT molecular complexity index is 1300. The minimum Gasteiger partial charge on any atom is -0.345 e. The van der Waals surface area contributed by atoms with Gasteiger partial charge in [-0.3, -0.25) is 9.52 Å². The van der Waals surface area contributed by atoms with Gasteiger partial charge < -0.3 is 9.47 Å². The first-order chi connectivity index (χ1) is 15.1. The number of hydrogen-bond donors (Lipinski definition) is 1. The second-order valence-corrected chi connectivity index (χ2v) is 10.7. The Kier molecular flexibility index (Phi) is 5.85. The molecule has 3 aromatic rings. The average molecular weight is 477 g/mol. The Labute approximate surface area is 191 Å². The van der Waals surface area contributed by atoms with Gasteiger partial charge in [0, 0.05) is 25.8 Å². The van der Waals surface area contributed by atoms with E-state index in [1.54, 1.807) is 38.5 Å². The molecule has 1 N–H and O–H groups in total. The molecule has 3 heterocycles. The van der Waals surface area contributed by atoms with Crippen molar-refractivity contribution in [3.8, 4) is 10.7 Å². The van der Waals surface area contributed by atoms with Crippen LogP contribution in [0.3, 0.4) is 0 Å². The molecule has 1 aliphatic rings. The molecule has 4 rings (SSSR count). The van der Waals surface area contributed by atoms with Gasteiger partial charge in [0.2, 0.25) is 0 Å². The highest BCUT2D eigenvalue weighted by Crippen LogP contribution is 2.34. The number of carbonyl (C=O) groups excluding carboxylic acids is 1. The Morgan fingerprint density at radius 1 is 1.16 bits per heavy atom. The molecule has 170 valence electrons. The molecule has 0 unspecified atom stereocenters. The summed E-state index contributed by atoms with van der Waals surface area (Å²) in [5, 5.41) is 0.582. The van der Waals surface area contributed by atoms with Gasteiger partial charge in [-0.2, -0.15) is 0 Å². The molecule has 32 heavy (non-hydrogen) atoms. The fourth-order valence-electron chi connectivity index (χ4n) is 3.78. The largest absolute Gasteiger partial charge is 0.345 e. The summed E-state index contributed by atoms with van der Waals surface area (Å²) < 4.78 is 44.1. The van der Waals surface area contributed by atoms with E-state index in [0.29, 0.717) is 32.5 Å². The highest BCUT2D eigenvalue weighted by molar-refractivity contribution is 7.92. The molecular formula is C22H25FN4O3S2. The van der Waals surface area contributed by atoms with Crippen LogP contribution in [0.1, 0.15) is 39.5 Å². The first kappa shape index (κ1) is 22.5. The maximum absolute atomic E-state index is 13.9. The summed E-state index contributed by atoms with van der Waals surface area (Å²) in [6.07, 6.45) is 2.01. The van der Waals surface area contributed by atoms with E-state index in [4.69, 9.17) is 0 Å². The number of rotatable bonds is 5. The van der Waals surface area contributed by atoms with Crippen molar-refractivity contribution >= 4 is 33.0 Å². The molecule has 1 saturated heterocycles. The van der Waals surface area contributed by atoms with Crippen LogP contribution in [0.25, 0.3) is 10.7 Å². The van der Waals surface area contributed by atoms with Crippen LogP contribution < -0.4 is 4.72 Å². The molecule has 10 heteroatoms. The summed E-state index contributed by atoms with van der Waals surface area (Å²) >= 11 is 1.27. The third-order valence-corrected chi connectivity index (χ3v) is 8.47. The van der Waals surface area contributed by atoms with E-state index in [-0.39, 0.29) is 16.5 Å². The van der Waals surface area contributed by atoms with Crippen molar-refractivity contribution in [2.75, 3.05) is 17.8 Å². The average Bonchev–Trinajstić information content (AvgIpc) is 3.45. The van der Waals surface area contributed by atoms with Gasteiger partial charge in [0.1, 0.15) is 20.6 Å². The van der Waals surface area contributed by atoms with Gasteiger partial charge in [0.05, 0.1) is 17.1 Å². The number of sulfonamides is 1. The topological polar surface area (TPSA) is 84.3 Å². The normalized spacial score (nSPS) is 14.2. The molecule has 0 atom stereocenters. The summed E-state index contributed by atoms with van der Waals surface area (Å²) in [6.45, 7) is 6.61. The summed E-state index contributed by atoms with van der Waals surface area (Å²) in [5.41, 5.74) is 2.34. The Morgan fingerprint density at radius 3 is 2.50 bits per heavy atom. The first-order valence-corrected chi connectivity index (χ1v) is 12.6. The van der Waals surface area contributed by atoms with Gasteiger partial charge >= 0.3 is 0 Å². The number of halogens is 1. The number of nitrogens with one attached hydrogen (secondary N) is 1. The molecule has 2 aromatic heterocycles. The molecule has 1 aliphatic heterocycles. The number of nitrogens with zero attached hydrogens (tertiary/aromatic N) is 3. The van der Waals surface area contributed by atoms with E-state index in [1.165, 1.54) is 23.5 Å². The van der Waals surface area contributed by atoms with Crippen molar-refractivity contribution in [3.05, 3.63) is 51.9 Å². The zero-order chi connectivity index (χ0) is 23.2. The molecule has 1 amide bonds. The van der Waals surface area contributed by atoms with Crippen molar-refractivity contribution in [2.45, 2.75) is 38.5 Å². The number of aromatic nitrogens is 2. The van der Waals surface area contributed by atoms with E-state index in [0.717, 1.165) is 32.0 Å². The molecule has 7 nitrogen and oxygen atoms in total. The number of thiazole rings is 1. The van der Waals surface area contributed by atoms with Crippen LogP contribution in [0.15, 0.2) is 29.2 Å². The summed E-state index contributed by atoms with van der Waals surface area (Å²) in [7, 11) is -2.19. The van der Waals surface area contributed by atoms with E-state index < -0.39 is 15.8 Å². The smallest absolute Gasteiger partial charge is 0.265 e. The summed E-state index contributed by atoms with van der Waals surface area (Å²) in [5.74, 6) is -0.505. The third kappa shape index (κ3) is 4.04. The SMILES string of the molecule is Cc1ccc(NS(=O)(=O)c2cc(-c3nc(C)c(C(=O)N4CCCC4)s3)n(C)c2C)cc1F. The van der Waals surface area contributed by atoms with Crippen LogP contribution in [-0.4, -0.2) is 41.9 Å². The molecular weight excluding hydrogens is 451 g/mol. The number of benzene rings is 1. The summed E-state index contributed by atoms with van der Waals surface area (Å²) in [6, 6.07) is 5.75. The van der Waals surface area contributed by atoms with Gasteiger partial charge in [-0.15, -0.1) is 11.3 Å². The predicted molar refractivity (Wildman–Crippen MR) is 123 cm³/mol. The lowest BCUT2D eigenvalue weighted by Crippen LogP contribution is -2.27. The van der Waals surface area contributed by atoms with Crippen LogP contribution in [-0.2, 0) is 17.1 Å². The van der Waals surface area contributed by atoms with Crippen molar-refractivity contribution in [1.82, 2.24) is 14.5 Å². The van der Waals surface area contributed by atoms with Crippen LogP contribution in [0.4, 0.5) is 10.1 Å². The number of carbonyl (C=O) groups is 1. The van der Waals surface area contributed by atoms with Gasteiger partial charge in [-0.25, -0.2) is 17.8 Å². The molecule has 0 radical (unpaired) electrons. The van der Waals surface area contributed by atoms with E-state index in [9.17, 15) is 17.6 Å². The first-order valence-electron chi connectivity index (χ1n) is 10.3. The maximum atomic E-state index is 13.9. The quantitative estimate of drug-likeness (QED) is 0.597. The second-order valence-electron chi connectivity index (χ2n) is 8.04. The highest BCUT2D eigenvalue weighted by Gasteiger charge is 2.27. The van der Waals surface area contributed by atoms with Crippen molar-refractivity contribution in [3.63, 3.8) is 0 Å². The number of anilines is 1. The number of hydrogen-bond acceptors (Lipinski definition) is 5.